The van der Waals surface area contributed by atoms with Gasteiger partial charge in [-0.1, -0.05) is 42.5 Å². The fourth-order valence-electron chi connectivity index (χ4n) is 4.93. The molecule has 3 N–H and O–H groups in total. The minimum atomic E-state index is -4.56. The Morgan fingerprint density at radius 3 is 2.13 bits per heavy atom. The number of benzene rings is 4. The van der Waals surface area contributed by atoms with Gasteiger partial charge in [0.15, 0.2) is 17.2 Å². The lowest BCUT2D eigenvalue weighted by molar-refractivity contribution is -0.138. The molecule has 0 radical (unpaired) electrons. The van der Waals surface area contributed by atoms with Gasteiger partial charge in [-0.15, -0.1) is 0 Å². The van der Waals surface area contributed by atoms with Crippen molar-refractivity contribution < 1.29 is 41.7 Å². The number of halogens is 3. The van der Waals surface area contributed by atoms with Gasteiger partial charge in [0.2, 0.25) is 17.6 Å². The van der Waals surface area contributed by atoms with Crippen molar-refractivity contribution in [2.75, 3.05) is 26.2 Å². The molecule has 0 aliphatic carbocycles. The highest BCUT2D eigenvalue weighted by Gasteiger charge is 2.33. The maximum absolute atomic E-state index is 13.9. The summed E-state index contributed by atoms with van der Waals surface area (Å²) in [6, 6.07) is 22.6. The summed E-state index contributed by atoms with van der Waals surface area (Å²) in [5.74, 6) is 1.02. The number of alkyl halides is 3. The first kappa shape index (κ1) is 34.6. The fraction of sp³-hybridized carbons (Fsp3) is 0.257. The normalized spacial score (nSPS) is 11.0. The van der Waals surface area contributed by atoms with Crippen molar-refractivity contribution in [3.05, 3.63) is 107 Å². The van der Waals surface area contributed by atoms with Crippen LogP contribution in [-0.2, 0) is 35.4 Å². The van der Waals surface area contributed by atoms with E-state index in [1.807, 2.05) is 12.1 Å². The summed E-state index contributed by atoms with van der Waals surface area (Å²) in [5.41, 5.74) is 6.80. The van der Waals surface area contributed by atoms with Gasteiger partial charge < -0.3 is 34.9 Å². The van der Waals surface area contributed by atoms with Crippen molar-refractivity contribution >= 4 is 17.5 Å². The van der Waals surface area contributed by atoms with E-state index in [0.717, 1.165) is 11.6 Å². The second-order valence-corrected chi connectivity index (χ2v) is 10.4. The Labute approximate surface area is 271 Å². The number of para-hydroxylation sites is 2. The summed E-state index contributed by atoms with van der Waals surface area (Å²) in [7, 11) is 4.44. The fourth-order valence-corrected chi connectivity index (χ4v) is 4.93. The number of carbonyl (C=O) groups excluding carboxylic acids is 2. The van der Waals surface area contributed by atoms with Crippen molar-refractivity contribution in [3.8, 4) is 28.7 Å². The molecule has 4 aromatic carbocycles. The van der Waals surface area contributed by atoms with E-state index in [1.54, 1.807) is 48.5 Å². The molecule has 0 bridgehead atoms. The summed E-state index contributed by atoms with van der Waals surface area (Å²) in [5, 5.41) is 2.50. The van der Waals surface area contributed by atoms with Gasteiger partial charge in [0.1, 0.15) is 5.75 Å². The second-order valence-electron chi connectivity index (χ2n) is 10.4. The van der Waals surface area contributed by atoms with Crippen LogP contribution < -0.4 is 34.9 Å². The number of nitrogens with one attached hydrogen (secondary N) is 1. The van der Waals surface area contributed by atoms with Gasteiger partial charge in [0, 0.05) is 25.9 Å². The maximum atomic E-state index is 13.9. The molecule has 0 atom stereocenters. The highest BCUT2D eigenvalue weighted by molar-refractivity contribution is 5.96. The molecule has 0 aliphatic rings. The predicted octanol–water partition coefficient (Wildman–Crippen LogP) is 6.61. The zero-order chi connectivity index (χ0) is 34.0. The van der Waals surface area contributed by atoms with E-state index in [2.05, 4.69) is 5.32 Å². The Bertz CT molecular complexity index is 1670. The van der Waals surface area contributed by atoms with Crippen LogP contribution in [0.1, 0.15) is 35.1 Å². The van der Waals surface area contributed by atoms with Gasteiger partial charge in [-0.05, 0) is 59.2 Å². The third-order valence-corrected chi connectivity index (χ3v) is 7.25. The Kier molecular flexibility index (Phi) is 11.7. The lowest BCUT2D eigenvalue weighted by atomic mass is 10.1. The number of methoxy groups -OCH3 is 3. The SMILES string of the molecule is COc1cc(CN(C(=O)CCC(=O)NCc2ccccc2C(F)(F)F)c2ccccc2Oc2cccc(CN)c2)cc(OC)c1OC. The Hall–Kier alpha value is -5.23. The quantitative estimate of drug-likeness (QED) is 0.158. The van der Waals surface area contributed by atoms with Gasteiger partial charge in [0.05, 0.1) is 39.1 Å². The number of rotatable bonds is 14. The van der Waals surface area contributed by atoms with Gasteiger partial charge in [0.25, 0.3) is 0 Å². The van der Waals surface area contributed by atoms with Gasteiger partial charge >= 0.3 is 6.18 Å². The molecule has 0 unspecified atom stereocenters. The summed E-state index contributed by atoms with van der Waals surface area (Å²) in [6.45, 7) is 0.00415. The largest absolute Gasteiger partial charge is 0.493 e. The number of nitrogens with zero attached hydrogens (tertiary/aromatic N) is 1. The molecule has 47 heavy (non-hydrogen) atoms. The van der Waals surface area contributed by atoms with Crippen LogP contribution in [0, 0.1) is 0 Å². The number of anilines is 1. The topological polar surface area (TPSA) is 112 Å². The van der Waals surface area contributed by atoms with Crippen molar-refractivity contribution in [2.45, 2.75) is 38.7 Å². The molecule has 12 heteroatoms. The standard InChI is InChI=1S/C35H36F3N3O6/c1-44-30-18-24(19-31(45-2)34(30)46-3)22-41(28-13-6-7-14-29(28)47-26-11-8-9-23(17-26)20-39)33(43)16-15-32(42)40-21-25-10-4-5-12-27(25)35(36,37)38/h4-14,17-19H,15-16,20-22,39H2,1-3H3,(H,40,42). The molecule has 0 aliphatic heterocycles. The lowest BCUT2D eigenvalue weighted by Gasteiger charge is -2.26. The minimum Gasteiger partial charge on any atom is -0.493 e. The van der Waals surface area contributed by atoms with E-state index in [1.165, 1.54) is 44.4 Å². The van der Waals surface area contributed by atoms with E-state index < -0.39 is 23.6 Å². The lowest BCUT2D eigenvalue weighted by Crippen LogP contribution is -2.32. The van der Waals surface area contributed by atoms with Crippen LogP contribution in [0.4, 0.5) is 18.9 Å². The third-order valence-electron chi connectivity index (χ3n) is 7.25. The van der Waals surface area contributed by atoms with Crippen LogP contribution in [0.25, 0.3) is 0 Å². The van der Waals surface area contributed by atoms with Gasteiger partial charge in [-0.3, -0.25) is 9.59 Å². The molecule has 0 saturated heterocycles. The number of hydrogen-bond donors (Lipinski definition) is 2. The van der Waals surface area contributed by atoms with Crippen molar-refractivity contribution in [3.63, 3.8) is 0 Å². The third kappa shape index (κ3) is 8.95. The zero-order valence-electron chi connectivity index (χ0n) is 26.2. The number of nitrogens with two attached hydrogens (primary N) is 1. The second kappa shape index (κ2) is 15.9. The van der Waals surface area contributed by atoms with Crippen molar-refractivity contribution in [1.82, 2.24) is 5.32 Å². The number of amides is 2. The van der Waals surface area contributed by atoms with Gasteiger partial charge in [-0.2, -0.15) is 13.2 Å². The number of ether oxygens (including phenoxy) is 4. The Morgan fingerprint density at radius 1 is 0.787 bits per heavy atom. The van der Waals surface area contributed by atoms with Crippen LogP contribution in [-0.4, -0.2) is 33.1 Å². The smallest absolute Gasteiger partial charge is 0.416 e. The molecule has 2 amide bonds. The van der Waals surface area contributed by atoms with E-state index in [-0.39, 0.29) is 31.5 Å². The van der Waals surface area contributed by atoms with Crippen LogP contribution in [0.5, 0.6) is 28.7 Å². The molecule has 0 fully saturated rings. The van der Waals surface area contributed by atoms with Crippen LogP contribution >= 0.6 is 0 Å². The van der Waals surface area contributed by atoms with Crippen LogP contribution in [0.3, 0.4) is 0 Å². The predicted molar refractivity (Wildman–Crippen MR) is 171 cm³/mol. The Balaban J connectivity index is 1.61. The Morgan fingerprint density at radius 2 is 1.47 bits per heavy atom. The van der Waals surface area contributed by atoms with Crippen LogP contribution in [0.2, 0.25) is 0 Å². The van der Waals surface area contributed by atoms with E-state index in [0.29, 0.717) is 46.5 Å². The van der Waals surface area contributed by atoms with Crippen molar-refractivity contribution in [1.29, 1.82) is 0 Å². The number of carbonyl (C=O) groups is 2. The highest BCUT2D eigenvalue weighted by Crippen LogP contribution is 2.40. The molecule has 4 rings (SSSR count). The zero-order valence-corrected chi connectivity index (χ0v) is 26.2. The minimum absolute atomic E-state index is 0.0271. The molecular weight excluding hydrogens is 615 g/mol. The molecule has 9 nitrogen and oxygen atoms in total. The average molecular weight is 652 g/mol. The summed E-state index contributed by atoms with van der Waals surface area (Å²) >= 11 is 0. The monoisotopic (exact) mass is 651 g/mol. The highest BCUT2D eigenvalue weighted by atomic mass is 19.4. The maximum Gasteiger partial charge on any atom is 0.416 e. The van der Waals surface area contributed by atoms with E-state index >= 15 is 0 Å². The summed E-state index contributed by atoms with van der Waals surface area (Å²) in [6.07, 6.45) is -5.07. The molecule has 4 aromatic rings. The summed E-state index contributed by atoms with van der Waals surface area (Å²) in [4.78, 5) is 28.1. The van der Waals surface area contributed by atoms with Crippen LogP contribution in [0.15, 0.2) is 84.9 Å². The first-order valence-electron chi connectivity index (χ1n) is 14.6. The van der Waals surface area contributed by atoms with Gasteiger partial charge in [-0.25, -0.2) is 0 Å². The number of hydrogen-bond acceptors (Lipinski definition) is 7. The van der Waals surface area contributed by atoms with E-state index in [9.17, 15) is 22.8 Å². The van der Waals surface area contributed by atoms with E-state index in [4.69, 9.17) is 24.7 Å². The van der Waals surface area contributed by atoms with Crippen molar-refractivity contribution in [2.24, 2.45) is 5.73 Å². The summed E-state index contributed by atoms with van der Waals surface area (Å²) < 4.78 is 62.8. The molecule has 0 heterocycles. The average Bonchev–Trinajstić information content (AvgIpc) is 3.08. The molecule has 0 spiro atoms. The molecule has 248 valence electrons. The molecular formula is C35H36F3N3O6. The molecule has 0 aromatic heterocycles. The first-order valence-corrected chi connectivity index (χ1v) is 14.6. The molecule has 0 saturated carbocycles. The first-order chi connectivity index (χ1) is 22.6.